The molecule has 1 aliphatic carbocycles. The largest absolute Gasteiger partial charge is 0.416 e. The van der Waals surface area contributed by atoms with Gasteiger partial charge in [0.25, 0.3) is 0 Å². The molecule has 0 spiro atoms. The molecule has 0 nitrogen and oxygen atoms in total. The van der Waals surface area contributed by atoms with Crippen molar-refractivity contribution in [2.75, 3.05) is 0 Å². The van der Waals surface area contributed by atoms with E-state index < -0.39 is 11.7 Å². The Balaban J connectivity index is 2.65. The third kappa shape index (κ3) is 5.66. The maximum Gasteiger partial charge on any atom is 0.416 e. The molecule has 1 saturated carbocycles. The summed E-state index contributed by atoms with van der Waals surface area (Å²) in [4.78, 5) is 0. The Kier molecular flexibility index (Phi) is 5.89. The van der Waals surface area contributed by atoms with Gasteiger partial charge in [-0.15, -0.1) is 0 Å². The van der Waals surface area contributed by atoms with Gasteiger partial charge in [0, 0.05) is 0 Å². The van der Waals surface area contributed by atoms with Gasteiger partial charge in [-0.25, -0.2) is 0 Å². The van der Waals surface area contributed by atoms with Crippen LogP contribution in [0.1, 0.15) is 46.0 Å². The SMILES string of the molecule is C=C/C=C(\C=C(/C)CC1CCC(C)CC1)C(F)(F)F. The number of allylic oxidation sites excluding steroid dienone is 5. The van der Waals surface area contributed by atoms with E-state index in [0.29, 0.717) is 5.92 Å². The zero-order valence-electron chi connectivity index (χ0n) is 11.8. The fourth-order valence-electron chi connectivity index (χ4n) is 2.66. The fourth-order valence-corrected chi connectivity index (χ4v) is 2.66. The lowest BCUT2D eigenvalue weighted by Crippen LogP contribution is -2.13. The number of halogens is 3. The standard InChI is InChI=1S/C16H23F3/c1-4-5-15(16(17,18)19)11-13(3)10-14-8-6-12(2)7-9-14/h4-5,11-12,14H,1,6-10H2,2-3H3/b13-11+,15-5+. The summed E-state index contributed by atoms with van der Waals surface area (Å²) in [6.07, 6.45) is 4.64. The van der Waals surface area contributed by atoms with Crippen LogP contribution in [0.2, 0.25) is 0 Å². The van der Waals surface area contributed by atoms with Gasteiger partial charge in [-0.1, -0.05) is 50.1 Å². The van der Waals surface area contributed by atoms with Crippen LogP contribution in [0.15, 0.2) is 36.0 Å². The summed E-state index contributed by atoms with van der Waals surface area (Å²) >= 11 is 0. The predicted octanol–water partition coefficient (Wildman–Crippen LogP) is 5.82. The highest BCUT2D eigenvalue weighted by molar-refractivity contribution is 5.30. The molecule has 0 aromatic rings. The third-order valence-corrected chi connectivity index (χ3v) is 3.77. The molecule has 0 heterocycles. The molecule has 19 heavy (non-hydrogen) atoms. The second-order valence-corrected chi connectivity index (χ2v) is 5.68. The summed E-state index contributed by atoms with van der Waals surface area (Å²) in [5.41, 5.74) is 0.203. The van der Waals surface area contributed by atoms with Crippen molar-refractivity contribution in [1.29, 1.82) is 0 Å². The zero-order chi connectivity index (χ0) is 14.5. The van der Waals surface area contributed by atoms with Crippen LogP contribution in [0.25, 0.3) is 0 Å². The quantitative estimate of drug-likeness (QED) is 0.565. The van der Waals surface area contributed by atoms with Gasteiger partial charge in [0.15, 0.2) is 0 Å². The van der Waals surface area contributed by atoms with Crippen molar-refractivity contribution in [2.24, 2.45) is 11.8 Å². The minimum absolute atomic E-state index is 0.547. The predicted molar refractivity (Wildman–Crippen MR) is 73.8 cm³/mol. The Morgan fingerprint density at radius 3 is 2.26 bits per heavy atom. The molecule has 0 atom stereocenters. The first kappa shape index (κ1) is 16.1. The Morgan fingerprint density at radius 1 is 1.21 bits per heavy atom. The van der Waals surface area contributed by atoms with Crippen molar-refractivity contribution in [3.05, 3.63) is 36.0 Å². The fraction of sp³-hybridized carbons (Fsp3) is 0.625. The number of hydrogen-bond acceptors (Lipinski definition) is 0. The van der Waals surface area contributed by atoms with Crippen LogP contribution >= 0.6 is 0 Å². The summed E-state index contributed by atoms with van der Waals surface area (Å²) in [5, 5.41) is 0. The molecule has 1 aliphatic rings. The van der Waals surface area contributed by atoms with Crippen molar-refractivity contribution < 1.29 is 13.2 Å². The van der Waals surface area contributed by atoms with Gasteiger partial charge < -0.3 is 0 Å². The van der Waals surface area contributed by atoms with Crippen LogP contribution in [0.3, 0.4) is 0 Å². The van der Waals surface area contributed by atoms with Gasteiger partial charge in [0.1, 0.15) is 0 Å². The number of hydrogen-bond donors (Lipinski definition) is 0. The van der Waals surface area contributed by atoms with E-state index in [4.69, 9.17) is 0 Å². The molecule has 0 aliphatic heterocycles. The second kappa shape index (κ2) is 6.97. The second-order valence-electron chi connectivity index (χ2n) is 5.68. The smallest absolute Gasteiger partial charge is 0.166 e. The Morgan fingerprint density at radius 2 is 1.79 bits per heavy atom. The minimum Gasteiger partial charge on any atom is -0.166 e. The maximum absolute atomic E-state index is 12.7. The molecule has 1 fully saturated rings. The average molecular weight is 272 g/mol. The normalized spacial score (nSPS) is 26.4. The molecule has 0 aromatic carbocycles. The molecule has 0 amide bonds. The van der Waals surface area contributed by atoms with Gasteiger partial charge in [-0.2, -0.15) is 13.2 Å². The molecule has 0 saturated heterocycles. The molecule has 108 valence electrons. The number of alkyl halides is 3. The molecule has 0 radical (unpaired) electrons. The highest BCUT2D eigenvalue weighted by atomic mass is 19.4. The van der Waals surface area contributed by atoms with Crippen molar-refractivity contribution in [3.8, 4) is 0 Å². The van der Waals surface area contributed by atoms with Gasteiger partial charge in [0.2, 0.25) is 0 Å². The van der Waals surface area contributed by atoms with E-state index in [9.17, 15) is 13.2 Å². The average Bonchev–Trinajstić information content (AvgIpc) is 2.30. The summed E-state index contributed by atoms with van der Waals surface area (Å²) in [7, 11) is 0. The lowest BCUT2D eigenvalue weighted by molar-refractivity contribution is -0.0882. The Hall–Kier alpha value is -0.990. The van der Waals surface area contributed by atoms with E-state index >= 15 is 0 Å². The topological polar surface area (TPSA) is 0 Å². The summed E-state index contributed by atoms with van der Waals surface area (Å²) < 4.78 is 38.2. The lowest BCUT2D eigenvalue weighted by Gasteiger charge is -2.26. The first-order chi connectivity index (χ1) is 8.82. The molecule has 0 N–H and O–H groups in total. The van der Waals surface area contributed by atoms with Crippen LogP contribution in [0.5, 0.6) is 0 Å². The van der Waals surface area contributed by atoms with Gasteiger partial charge in [0.05, 0.1) is 5.57 Å². The van der Waals surface area contributed by atoms with Crippen LogP contribution in [-0.4, -0.2) is 6.18 Å². The molecule has 1 rings (SSSR count). The molecular weight excluding hydrogens is 249 g/mol. The van der Waals surface area contributed by atoms with E-state index in [1.807, 2.05) is 0 Å². The minimum atomic E-state index is -4.30. The van der Waals surface area contributed by atoms with E-state index in [1.54, 1.807) is 6.92 Å². The van der Waals surface area contributed by atoms with E-state index in [1.165, 1.54) is 25.0 Å². The highest BCUT2D eigenvalue weighted by Gasteiger charge is 2.31. The van der Waals surface area contributed by atoms with Crippen LogP contribution < -0.4 is 0 Å². The van der Waals surface area contributed by atoms with Crippen molar-refractivity contribution in [3.63, 3.8) is 0 Å². The van der Waals surface area contributed by atoms with Crippen molar-refractivity contribution in [2.45, 2.75) is 52.1 Å². The van der Waals surface area contributed by atoms with Crippen molar-refractivity contribution in [1.82, 2.24) is 0 Å². The monoisotopic (exact) mass is 272 g/mol. The first-order valence-corrected chi connectivity index (χ1v) is 6.90. The first-order valence-electron chi connectivity index (χ1n) is 6.90. The van der Waals surface area contributed by atoms with Crippen molar-refractivity contribution >= 4 is 0 Å². The molecular formula is C16H23F3. The van der Waals surface area contributed by atoms with Crippen LogP contribution in [0.4, 0.5) is 13.2 Å². The van der Waals surface area contributed by atoms with E-state index in [-0.39, 0.29) is 0 Å². The van der Waals surface area contributed by atoms with Crippen LogP contribution in [0, 0.1) is 11.8 Å². The van der Waals surface area contributed by atoms with Gasteiger partial charge in [-0.3, -0.25) is 0 Å². The van der Waals surface area contributed by atoms with Gasteiger partial charge >= 0.3 is 6.18 Å². The zero-order valence-corrected chi connectivity index (χ0v) is 11.8. The Labute approximate surface area is 114 Å². The number of rotatable bonds is 4. The summed E-state index contributed by atoms with van der Waals surface area (Å²) in [6.45, 7) is 7.38. The van der Waals surface area contributed by atoms with Crippen LogP contribution in [-0.2, 0) is 0 Å². The Bertz CT molecular complexity index is 353. The molecule has 3 heteroatoms. The maximum atomic E-state index is 12.7. The van der Waals surface area contributed by atoms with Gasteiger partial charge in [-0.05, 0) is 38.0 Å². The van der Waals surface area contributed by atoms with E-state index in [2.05, 4.69) is 13.5 Å². The molecule has 0 unspecified atom stereocenters. The lowest BCUT2D eigenvalue weighted by atomic mass is 9.80. The van der Waals surface area contributed by atoms with E-state index in [0.717, 1.165) is 36.8 Å². The summed E-state index contributed by atoms with van der Waals surface area (Å²) in [5.74, 6) is 1.32. The molecule has 0 aromatic heterocycles. The highest BCUT2D eigenvalue weighted by Crippen LogP contribution is 2.34. The third-order valence-electron chi connectivity index (χ3n) is 3.77. The molecule has 0 bridgehead atoms. The summed E-state index contributed by atoms with van der Waals surface area (Å²) in [6, 6.07) is 0.